The second-order valence-corrected chi connectivity index (χ2v) is 9.95. The summed E-state index contributed by atoms with van der Waals surface area (Å²) < 4.78 is 44.2. The first kappa shape index (κ1) is 28.5. The van der Waals surface area contributed by atoms with Crippen molar-refractivity contribution in [1.82, 2.24) is 5.43 Å². The molecule has 3 aromatic carbocycles. The average Bonchev–Trinajstić information content (AvgIpc) is 2.92. The van der Waals surface area contributed by atoms with E-state index in [2.05, 4.69) is 17.1 Å². The maximum Gasteiger partial charge on any atom is 0.264 e. The first-order valence-electron chi connectivity index (χ1n) is 11.5. The van der Waals surface area contributed by atoms with Crippen LogP contribution >= 0.6 is 11.6 Å². The fourth-order valence-electron chi connectivity index (χ4n) is 3.33. The Hall–Kier alpha value is -4.02. The highest BCUT2D eigenvalue weighted by Gasteiger charge is 2.27. The lowest BCUT2D eigenvalue weighted by atomic mass is 10.2. The van der Waals surface area contributed by atoms with Crippen molar-refractivity contribution in [3.63, 3.8) is 0 Å². The Labute approximate surface area is 227 Å². The zero-order valence-corrected chi connectivity index (χ0v) is 22.5. The van der Waals surface area contributed by atoms with Crippen molar-refractivity contribution in [2.45, 2.75) is 11.8 Å². The van der Waals surface area contributed by atoms with Gasteiger partial charge >= 0.3 is 0 Å². The number of hydrogen-bond acceptors (Lipinski definition) is 7. The van der Waals surface area contributed by atoms with Crippen LogP contribution in [0.2, 0.25) is 5.02 Å². The number of halogens is 1. The highest BCUT2D eigenvalue weighted by molar-refractivity contribution is 7.92. The average molecular weight is 558 g/mol. The molecule has 1 N–H and O–H groups in total. The van der Waals surface area contributed by atoms with E-state index in [1.807, 2.05) is 6.92 Å². The van der Waals surface area contributed by atoms with E-state index in [-0.39, 0.29) is 15.6 Å². The minimum atomic E-state index is -4.10. The second-order valence-electron chi connectivity index (χ2n) is 7.68. The fourth-order valence-corrected chi connectivity index (χ4v) is 5.02. The van der Waals surface area contributed by atoms with Crippen LogP contribution in [0.3, 0.4) is 0 Å². The third-order valence-corrected chi connectivity index (χ3v) is 7.15. The van der Waals surface area contributed by atoms with Gasteiger partial charge in [-0.2, -0.15) is 5.10 Å². The number of carbonyl (C=O) groups excluding carboxylic acids is 1. The van der Waals surface area contributed by atoms with Crippen molar-refractivity contribution in [3.8, 4) is 17.2 Å². The predicted octanol–water partition coefficient (Wildman–Crippen LogP) is 4.66. The van der Waals surface area contributed by atoms with E-state index in [0.717, 1.165) is 4.31 Å². The van der Waals surface area contributed by atoms with Crippen molar-refractivity contribution in [2.75, 3.05) is 31.2 Å². The predicted molar refractivity (Wildman–Crippen MR) is 148 cm³/mol. The lowest BCUT2D eigenvalue weighted by Gasteiger charge is -2.24. The Morgan fingerprint density at radius 3 is 2.45 bits per heavy atom. The monoisotopic (exact) mass is 557 g/mol. The minimum Gasteiger partial charge on any atom is -0.495 e. The van der Waals surface area contributed by atoms with Gasteiger partial charge in [-0.15, -0.1) is 0 Å². The number of nitrogens with one attached hydrogen (secondary N) is 1. The van der Waals surface area contributed by atoms with Gasteiger partial charge in [-0.25, -0.2) is 13.8 Å². The van der Waals surface area contributed by atoms with E-state index < -0.39 is 22.5 Å². The number of sulfonamides is 1. The van der Waals surface area contributed by atoms with Gasteiger partial charge in [0.2, 0.25) is 0 Å². The number of hydrazone groups is 1. The number of methoxy groups -OCH3 is 1. The number of nitrogens with zero attached hydrogens (tertiary/aromatic N) is 2. The third-order valence-electron chi connectivity index (χ3n) is 5.07. The van der Waals surface area contributed by atoms with E-state index in [0.29, 0.717) is 36.0 Å². The highest BCUT2D eigenvalue weighted by atomic mass is 35.5. The molecule has 0 aliphatic heterocycles. The van der Waals surface area contributed by atoms with Gasteiger partial charge in [0, 0.05) is 0 Å². The van der Waals surface area contributed by atoms with Gasteiger partial charge in [0.25, 0.3) is 15.9 Å². The molecule has 38 heavy (non-hydrogen) atoms. The SMILES string of the molecule is C=CCOc1ccc(/C=N\NC(=O)CN(c2ccc(OC)c(Cl)c2)S(=O)(=O)c2ccccc2)cc1OCC. The van der Waals surface area contributed by atoms with Crippen molar-refractivity contribution >= 4 is 39.4 Å². The van der Waals surface area contributed by atoms with Crippen LogP contribution in [0.15, 0.2) is 89.4 Å². The molecule has 0 bridgehead atoms. The van der Waals surface area contributed by atoms with Gasteiger partial charge in [0.1, 0.15) is 18.9 Å². The molecule has 0 aliphatic carbocycles. The largest absolute Gasteiger partial charge is 0.495 e. The highest BCUT2D eigenvalue weighted by Crippen LogP contribution is 2.32. The molecule has 3 aromatic rings. The number of ether oxygens (including phenoxy) is 3. The Morgan fingerprint density at radius 1 is 1.05 bits per heavy atom. The molecule has 200 valence electrons. The molecule has 0 radical (unpaired) electrons. The van der Waals surface area contributed by atoms with E-state index >= 15 is 0 Å². The van der Waals surface area contributed by atoms with Crippen molar-refractivity contribution in [1.29, 1.82) is 0 Å². The van der Waals surface area contributed by atoms with Crippen LogP contribution < -0.4 is 23.9 Å². The van der Waals surface area contributed by atoms with Crippen molar-refractivity contribution in [2.24, 2.45) is 5.10 Å². The van der Waals surface area contributed by atoms with Gasteiger partial charge in [-0.05, 0) is 61.0 Å². The maximum absolute atomic E-state index is 13.4. The summed E-state index contributed by atoms with van der Waals surface area (Å²) >= 11 is 6.24. The van der Waals surface area contributed by atoms with Crippen LogP contribution in [0.1, 0.15) is 12.5 Å². The Balaban J connectivity index is 1.81. The smallest absolute Gasteiger partial charge is 0.264 e. The summed E-state index contributed by atoms with van der Waals surface area (Å²) in [6.45, 7) is 5.69. The molecule has 0 unspecified atom stereocenters. The van der Waals surface area contributed by atoms with Gasteiger partial charge in [-0.3, -0.25) is 9.10 Å². The molecule has 3 rings (SSSR count). The van der Waals surface area contributed by atoms with Crippen LogP contribution in [0.5, 0.6) is 17.2 Å². The molecule has 0 aromatic heterocycles. The van der Waals surface area contributed by atoms with E-state index in [1.165, 1.54) is 43.7 Å². The summed E-state index contributed by atoms with van der Waals surface area (Å²) in [5, 5.41) is 4.17. The summed E-state index contributed by atoms with van der Waals surface area (Å²) in [6.07, 6.45) is 3.04. The van der Waals surface area contributed by atoms with Crippen LogP contribution in [0, 0.1) is 0 Å². The normalized spacial score (nSPS) is 11.1. The summed E-state index contributed by atoms with van der Waals surface area (Å²) in [5.41, 5.74) is 3.20. The number of anilines is 1. The second kappa shape index (κ2) is 13.5. The minimum absolute atomic E-state index is 0.0189. The molecule has 11 heteroatoms. The molecule has 9 nitrogen and oxygen atoms in total. The molecule has 0 saturated carbocycles. The molecule has 1 amide bonds. The standard InChI is InChI=1S/C27H28ClN3O6S/c1-4-15-37-25-13-11-20(16-26(25)36-5-2)18-29-30-27(32)19-31(21-12-14-24(35-3)23(28)17-21)38(33,34)22-9-7-6-8-10-22/h4,6-14,16-18H,1,5,15,19H2,2-3H3,(H,30,32)/b29-18-. The van der Waals surface area contributed by atoms with Crippen molar-refractivity contribution in [3.05, 3.63) is 90.0 Å². The van der Waals surface area contributed by atoms with Gasteiger partial charge in [0.05, 0.1) is 35.5 Å². The fraction of sp³-hybridized carbons (Fsp3) is 0.185. The van der Waals surface area contributed by atoms with Crippen molar-refractivity contribution < 1.29 is 27.4 Å². The molecule has 0 spiro atoms. The van der Waals surface area contributed by atoms with E-state index in [4.69, 9.17) is 25.8 Å². The van der Waals surface area contributed by atoms with Crippen LogP contribution in [-0.4, -0.2) is 47.4 Å². The van der Waals surface area contributed by atoms with Crippen LogP contribution in [-0.2, 0) is 14.8 Å². The Morgan fingerprint density at radius 2 is 1.79 bits per heavy atom. The Kier molecular flexibility index (Phi) is 10.1. The lowest BCUT2D eigenvalue weighted by molar-refractivity contribution is -0.119. The number of amides is 1. The maximum atomic E-state index is 13.4. The topological polar surface area (TPSA) is 107 Å². The van der Waals surface area contributed by atoms with Gasteiger partial charge in [-0.1, -0.05) is 42.5 Å². The molecule has 0 saturated heterocycles. The van der Waals surface area contributed by atoms with E-state index in [1.54, 1.807) is 42.5 Å². The molecular weight excluding hydrogens is 530 g/mol. The zero-order chi connectivity index (χ0) is 27.5. The quantitative estimate of drug-likeness (QED) is 0.186. The number of rotatable bonds is 13. The third kappa shape index (κ3) is 7.27. The summed E-state index contributed by atoms with van der Waals surface area (Å²) in [5.74, 6) is 0.770. The summed E-state index contributed by atoms with van der Waals surface area (Å²) in [6, 6.07) is 17.4. The molecule has 0 fully saturated rings. The lowest BCUT2D eigenvalue weighted by Crippen LogP contribution is -2.39. The Bertz CT molecular complexity index is 1400. The first-order valence-corrected chi connectivity index (χ1v) is 13.4. The summed E-state index contributed by atoms with van der Waals surface area (Å²) in [7, 11) is -2.66. The molecular formula is C27H28ClN3O6S. The summed E-state index contributed by atoms with van der Waals surface area (Å²) in [4.78, 5) is 12.8. The van der Waals surface area contributed by atoms with Gasteiger partial charge in [0.15, 0.2) is 11.5 Å². The van der Waals surface area contributed by atoms with E-state index in [9.17, 15) is 13.2 Å². The van der Waals surface area contributed by atoms with Crippen LogP contribution in [0.25, 0.3) is 0 Å². The number of hydrogen-bond donors (Lipinski definition) is 1. The number of carbonyl (C=O) groups is 1. The van der Waals surface area contributed by atoms with Gasteiger partial charge < -0.3 is 14.2 Å². The first-order chi connectivity index (χ1) is 18.3. The zero-order valence-electron chi connectivity index (χ0n) is 21.0. The molecule has 0 aliphatic rings. The molecule has 0 heterocycles. The number of benzene rings is 3. The molecule has 0 atom stereocenters. The van der Waals surface area contributed by atoms with Crippen LogP contribution in [0.4, 0.5) is 5.69 Å².